The molecule has 2 heterocycles. The van der Waals surface area contributed by atoms with Crippen LogP contribution in [0.15, 0.2) is 40.8 Å². The highest BCUT2D eigenvalue weighted by Crippen LogP contribution is 2.49. The van der Waals surface area contributed by atoms with Gasteiger partial charge in [0.25, 0.3) is 0 Å². The maximum atomic E-state index is 12.7. The quantitative estimate of drug-likeness (QED) is 0.659. The molecule has 0 saturated heterocycles. The molecule has 1 saturated carbocycles. The highest BCUT2D eigenvalue weighted by atomic mass is 32.1. The summed E-state index contributed by atoms with van der Waals surface area (Å²) < 4.78 is 12.7. The van der Waals surface area contributed by atoms with E-state index in [-0.39, 0.29) is 18.6 Å². The van der Waals surface area contributed by atoms with E-state index in [1.807, 2.05) is 57.2 Å². The Hall–Kier alpha value is -2.22. The Morgan fingerprint density at radius 3 is 2.86 bits per heavy atom. The van der Waals surface area contributed by atoms with Gasteiger partial charge in [0.1, 0.15) is 11.3 Å². The molecule has 7 heteroatoms. The van der Waals surface area contributed by atoms with Crippen molar-refractivity contribution in [1.82, 2.24) is 10.3 Å². The van der Waals surface area contributed by atoms with Crippen LogP contribution in [-0.4, -0.2) is 29.1 Å². The number of fused-ring (bicyclic) bond motifs is 1. The molecule has 0 aliphatic heterocycles. The van der Waals surface area contributed by atoms with Gasteiger partial charge in [-0.15, -0.1) is 11.3 Å². The van der Waals surface area contributed by atoms with E-state index in [0.717, 1.165) is 15.2 Å². The highest BCUT2D eigenvalue weighted by molar-refractivity contribution is 7.21. The van der Waals surface area contributed by atoms with E-state index in [9.17, 15) is 4.79 Å². The third-order valence-electron chi connectivity index (χ3n) is 5.82. The Morgan fingerprint density at radius 2 is 2.14 bits per heavy atom. The molecule has 2 aromatic heterocycles. The monoisotopic (exact) mass is 399 g/mol. The second-order valence-corrected chi connectivity index (χ2v) is 8.81. The topological polar surface area (TPSA) is 90.4 Å². The molecule has 28 heavy (non-hydrogen) atoms. The number of nitrogens with one attached hydrogen (secondary N) is 1. The van der Waals surface area contributed by atoms with Gasteiger partial charge in [-0.2, -0.15) is 0 Å². The number of furan rings is 1. The minimum atomic E-state index is -0.935. The molecule has 148 valence electrons. The van der Waals surface area contributed by atoms with Crippen molar-refractivity contribution in [3.8, 4) is 10.8 Å². The number of hydrogen-bond donors (Lipinski definition) is 2. The van der Waals surface area contributed by atoms with Crippen LogP contribution in [0.1, 0.15) is 33.0 Å². The minimum absolute atomic E-state index is 0.00232. The second kappa shape index (κ2) is 6.99. The van der Waals surface area contributed by atoms with Crippen molar-refractivity contribution < 1.29 is 13.9 Å². The molecule has 6 nitrogen and oxygen atoms in total. The smallest absolute Gasteiger partial charge is 0.241 e. The maximum absolute atomic E-state index is 12.7. The maximum Gasteiger partial charge on any atom is 0.241 e. The number of ether oxygens (including phenoxy) is 1. The number of carbonyl (C=O) groups excluding carboxylic acids is 1. The number of aromatic nitrogens is 1. The summed E-state index contributed by atoms with van der Waals surface area (Å²) in [6, 6.07) is 11.7. The van der Waals surface area contributed by atoms with Gasteiger partial charge in [0.2, 0.25) is 5.91 Å². The lowest BCUT2D eigenvalue weighted by Crippen LogP contribution is -2.75. The van der Waals surface area contributed by atoms with Crippen molar-refractivity contribution in [1.29, 1.82) is 0 Å². The molecule has 4 rings (SSSR count). The first-order valence-electron chi connectivity index (χ1n) is 9.48. The summed E-state index contributed by atoms with van der Waals surface area (Å²) in [5.74, 6) is 1.20. The van der Waals surface area contributed by atoms with Crippen LogP contribution in [0.25, 0.3) is 21.0 Å². The average molecular weight is 400 g/mol. The van der Waals surface area contributed by atoms with Gasteiger partial charge in [0.15, 0.2) is 10.8 Å². The Morgan fingerprint density at radius 1 is 1.36 bits per heavy atom. The van der Waals surface area contributed by atoms with Gasteiger partial charge in [-0.3, -0.25) is 4.79 Å². The van der Waals surface area contributed by atoms with Crippen molar-refractivity contribution in [3.05, 3.63) is 42.2 Å². The molecule has 3 aromatic rings. The lowest BCUT2D eigenvalue weighted by atomic mass is 9.54. The summed E-state index contributed by atoms with van der Waals surface area (Å²) in [6.45, 7) is 6.82. The van der Waals surface area contributed by atoms with Gasteiger partial charge in [-0.05, 0) is 31.2 Å². The number of benzene rings is 1. The molecule has 3 N–H and O–H groups in total. The van der Waals surface area contributed by atoms with E-state index in [1.165, 1.54) is 0 Å². The van der Waals surface area contributed by atoms with Crippen molar-refractivity contribution in [3.63, 3.8) is 0 Å². The first kappa shape index (κ1) is 19.1. The lowest BCUT2D eigenvalue weighted by Gasteiger charge is -2.57. The lowest BCUT2D eigenvalue weighted by molar-refractivity contribution is -0.170. The summed E-state index contributed by atoms with van der Waals surface area (Å²) in [6.07, 6.45) is 0.525. The van der Waals surface area contributed by atoms with Crippen LogP contribution < -0.4 is 11.1 Å². The van der Waals surface area contributed by atoms with Crippen LogP contribution >= 0.6 is 11.3 Å². The molecule has 1 fully saturated rings. The minimum Gasteiger partial charge on any atom is -0.457 e. The summed E-state index contributed by atoms with van der Waals surface area (Å²) in [5, 5.41) is 3.75. The van der Waals surface area contributed by atoms with E-state index < -0.39 is 11.0 Å². The van der Waals surface area contributed by atoms with Gasteiger partial charge < -0.3 is 20.2 Å². The fraction of sp³-hybridized carbons (Fsp3) is 0.429. The SMILES string of the molecule is CCOC1CC(N)(C(=O)NCc2ccc(-c3nc4ccccc4s3)o2)C1(C)C. The van der Waals surface area contributed by atoms with E-state index in [4.69, 9.17) is 14.9 Å². The van der Waals surface area contributed by atoms with E-state index >= 15 is 0 Å². The van der Waals surface area contributed by atoms with Gasteiger partial charge in [-0.1, -0.05) is 26.0 Å². The van der Waals surface area contributed by atoms with Crippen LogP contribution in [0.3, 0.4) is 0 Å². The standard InChI is InChI=1S/C21H25N3O3S/c1-4-26-17-11-21(22,20(17,2)3)19(25)23-12-13-9-10-15(27-13)18-24-14-7-5-6-8-16(14)28-18/h5-10,17H,4,11-12,22H2,1-3H3,(H,23,25). The number of amides is 1. The van der Waals surface area contributed by atoms with Crippen molar-refractivity contribution in [2.75, 3.05) is 6.61 Å². The first-order chi connectivity index (χ1) is 13.3. The van der Waals surface area contributed by atoms with Crippen LogP contribution in [-0.2, 0) is 16.1 Å². The zero-order valence-corrected chi connectivity index (χ0v) is 17.1. The van der Waals surface area contributed by atoms with Crippen LogP contribution in [0, 0.1) is 5.41 Å². The zero-order chi connectivity index (χ0) is 19.9. The molecule has 1 aliphatic rings. The molecular weight excluding hydrogens is 374 g/mol. The fourth-order valence-electron chi connectivity index (χ4n) is 3.71. The summed E-state index contributed by atoms with van der Waals surface area (Å²) in [5.41, 5.74) is 6.02. The van der Waals surface area contributed by atoms with E-state index in [0.29, 0.717) is 24.5 Å². The largest absolute Gasteiger partial charge is 0.457 e. The second-order valence-electron chi connectivity index (χ2n) is 7.78. The molecule has 2 unspecified atom stereocenters. The fourth-order valence-corrected chi connectivity index (χ4v) is 4.64. The molecule has 1 amide bonds. The Balaban J connectivity index is 1.41. The van der Waals surface area contributed by atoms with E-state index in [1.54, 1.807) is 11.3 Å². The summed E-state index contributed by atoms with van der Waals surface area (Å²) in [7, 11) is 0. The van der Waals surface area contributed by atoms with Gasteiger partial charge in [0, 0.05) is 18.4 Å². The molecule has 0 radical (unpaired) electrons. The summed E-state index contributed by atoms with van der Waals surface area (Å²) in [4.78, 5) is 17.3. The van der Waals surface area contributed by atoms with Gasteiger partial charge in [0.05, 0.1) is 22.9 Å². The van der Waals surface area contributed by atoms with Crippen LogP contribution in [0.4, 0.5) is 0 Å². The third-order valence-corrected chi connectivity index (χ3v) is 6.88. The normalized spacial score (nSPS) is 23.5. The van der Waals surface area contributed by atoms with Crippen LogP contribution in [0.5, 0.6) is 0 Å². The van der Waals surface area contributed by atoms with E-state index in [2.05, 4.69) is 10.3 Å². The number of nitrogens with two attached hydrogens (primary N) is 1. The predicted octanol–water partition coefficient (Wildman–Crippen LogP) is 3.71. The molecular formula is C21H25N3O3S. The summed E-state index contributed by atoms with van der Waals surface area (Å²) >= 11 is 1.58. The first-order valence-corrected chi connectivity index (χ1v) is 10.3. The predicted molar refractivity (Wildman–Crippen MR) is 110 cm³/mol. The van der Waals surface area contributed by atoms with Crippen LogP contribution in [0.2, 0.25) is 0 Å². The number of carbonyl (C=O) groups is 1. The molecule has 2 atom stereocenters. The number of nitrogens with zero attached hydrogens (tertiary/aromatic N) is 1. The third kappa shape index (κ3) is 3.03. The zero-order valence-electron chi connectivity index (χ0n) is 16.3. The number of rotatable bonds is 6. The Labute approximate surface area is 168 Å². The molecule has 1 aromatic carbocycles. The van der Waals surface area contributed by atoms with Gasteiger partial charge >= 0.3 is 0 Å². The number of thiazole rings is 1. The van der Waals surface area contributed by atoms with Crippen molar-refractivity contribution in [2.24, 2.45) is 11.1 Å². The molecule has 0 spiro atoms. The Bertz CT molecular complexity index is 976. The van der Waals surface area contributed by atoms with Crippen molar-refractivity contribution >= 4 is 27.5 Å². The number of hydrogen-bond acceptors (Lipinski definition) is 6. The highest BCUT2D eigenvalue weighted by Gasteiger charge is 2.62. The number of para-hydroxylation sites is 1. The Kier molecular flexibility index (Phi) is 4.77. The van der Waals surface area contributed by atoms with Crippen molar-refractivity contribution in [2.45, 2.75) is 45.4 Å². The van der Waals surface area contributed by atoms with Gasteiger partial charge in [-0.25, -0.2) is 4.98 Å². The molecule has 0 bridgehead atoms. The molecule has 1 aliphatic carbocycles. The average Bonchev–Trinajstić information content (AvgIpc) is 3.32.